The number of carbonyl (C=O) groups is 2. The normalized spacial score (nSPS) is 11.8. The number of nitro groups is 1. The van der Waals surface area contributed by atoms with Crippen molar-refractivity contribution in [2.45, 2.75) is 26.4 Å². The van der Waals surface area contributed by atoms with Crippen molar-refractivity contribution in [1.29, 1.82) is 0 Å². The molecule has 1 amide bonds. The van der Waals surface area contributed by atoms with Crippen molar-refractivity contribution >= 4 is 17.6 Å². The fourth-order valence-corrected chi connectivity index (χ4v) is 1.52. The Balaban J connectivity index is 2.71. The van der Waals surface area contributed by atoms with E-state index >= 15 is 0 Å². The maximum absolute atomic E-state index is 11.8. The molecule has 0 aliphatic carbocycles. The number of nitrogens with one attached hydrogen (secondary N) is 1. The van der Waals surface area contributed by atoms with E-state index in [1.165, 1.54) is 24.7 Å². The summed E-state index contributed by atoms with van der Waals surface area (Å²) in [5, 5.41) is 13.2. The lowest BCUT2D eigenvalue weighted by molar-refractivity contribution is -0.384. The summed E-state index contributed by atoms with van der Waals surface area (Å²) < 4.78 is 6.26. The fourth-order valence-electron chi connectivity index (χ4n) is 1.52. The van der Waals surface area contributed by atoms with Gasteiger partial charge in [0.25, 0.3) is 11.6 Å². The highest BCUT2D eigenvalue weighted by molar-refractivity contribution is 5.91. The van der Waals surface area contributed by atoms with Gasteiger partial charge < -0.3 is 14.6 Å². The van der Waals surface area contributed by atoms with Gasteiger partial charge in [0, 0.05) is 19.7 Å². The van der Waals surface area contributed by atoms with Crippen LogP contribution in [0.25, 0.3) is 0 Å². The molecule has 1 rings (SSSR count). The second kappa shape index (κ2) is 6.69. The van der Waals surface area contributed by atoms with E-state index in [2.05, 4.69) is 5.32 Å². The maximum atomic E-state index is 11.8. The average molecular weight is 283 g/mol. The van der Waals surface area contributed by atoms with Crippen LogP contribution in [0.1, 0.15) is 30.8 Å². The van der Waals surface area contributed by atoms with Crippen molar-refractivity contribution in [3.63, 3.8) is 0 Å². The molecule has 110 valence electrons. The van der Waals surface area contributed by atoms with E-state index in [0.717, 1.165) is 12.5 Å². The lowest BCUT2D eigenvalue weighted by atomic mass is 10.3. The third-order valence-corrected chi connectivity index (χ3v) is 2.61. The molecule has 0 spiro atoms. The summed E-state index contributed by atoms with van der Waals surface area (Å²) in [6.07, 6.45) is 1.03. The number of ether oxygens (including phenoxy) is 1. The zero-order chi connectivity index (χ0) is 15.3. The largest absolute Gasteiger partial charge is 0.448 e. The monoisotopic (exact) mass is 283 g/mol. The first-order valence-electron chi connectivity index (χ1n) is 6.16. The van der Waals surface area contributed by atoms with Crippen LogP contribution >= 0.6 is 0 Å². The number of rotatable bonds is 6. The minimum absolute atomic E-state index is 0.0202. The molecule has 0 aliphatic rings. The summed E-state index contributed by atoms with van der Waals surface area (Å²) in [5.74, 6) is -1.18. The minimum atomic E-state index is -0.956. The molecule has 0 saturated carbocycles. The molecular formula is C12H17N3O5. The maximum Gasteiger partial charge on any atom is 0.355 e. The number of esters is 1. The Morgan fingerprint density at radius 3 is 2.70 bits per heavy atom. The first kappa shape index (κ1) is 15.7. The Hall–Kier alpha value is -2.38. The van der Waals surface area contributed by atoms with Gasteiger partial charge in [-0.2, -0.15) is 0 Å². The quantitative estimate of drug-likeness (QED) is 0.476. The molecule has 0 aliphatic heterocycles. The van der Waals surface area contributed by atoms with Gasteiger partial charge in [-0.25, -0.2) is 4.79 Å². The Bertz CT molecular complexity index is 523. The molecule has 0 saturated heterocycles. The number of nitrogens with zero attached hydrogens (tertiary/aromatic N) is 2. The van der Waals surface area contributed by atoms with Gasteiger partial charge in [-0.1, -0.05) is 6.92 Å². The van der Waals surface area contributed by atoms with Crippen molar-refractivity contribution in [3.8, 4) is 0 Å². The molecule has 1 unspecified atom stereocenters. The molecule has 20 heavy (non-hydrogen) atoms. The van der Waals surface area contributed by atoms with E-state index in [-0.39, 0.29) is 11.4 Å². The van der Waals surface area contributed by atoms with Gasteiger partial charge in [0.1, 0.15) is 5.69 Å². The molecule has 0 aromatic carbocycles. The zero-order valence-electron chi connectivity index (χ0n) is 11.6. The second-order valence-corrected chi connectivity index (χ2v) is 4.29. The van der Waals surface area contributed by atoms with Crippen molar-refractivity contribution in [3.05, 3.63) is 28.1 Å². The van der Waals surface area contributed by atoms with Gasteiger partial charge in [0.05, 0.1) is 11.1 Å². The fraction of sp³-hybridized carbons (Fsp3) is 0.500. The van der Waals surface area contributed by atoms with Crippen molar-refractivity contribution in [2.75, 3.05) is 6.54 Å². The summed E-state index contributed by atoms with van der Waals surface area (Å²) >= 11 is 0. The third-order valence-electron chi connectivity index (χ3n) is 2.61. The average Bonchev–Trinajstić information content (AvgIpc) is 2.78. The molecule has 1 N–H and O–H groups in total. The molecule has 1 atom stereocenters. The van der Waals surface area contributed by atoms with Crippen LogP contribution in [0, 0.1) is 10.1 Å². The van der Waals surface area contributed by atoms with E-state index in [4.69, 9.17) is 4.74 Å². The van der Waals surface area contributed by atoms with Crippen LogP contribution in [-0.4, -0.2) is 34.0 Å². The topological polar surface area (TPSA) is 103 Å². The lowest BCUT2D eigenvalue weighted by Gasteiger charge is -2.13. The summed E-state index contributed by atoms with van der Waals surface area (Å²) in [6.45, 7) is 3.84. The lowest BCUT2D eigenvalue weighted by Crippen LogP contribution is -2.36. The molecule has 0 bridgehead atoms. The van der Waals surface area contributed by atoms with Crippen LogP contribution in [0.5, 0.6) is 0 Å². The Labute approximate surface area is 115 Å². The van der Waals surface area contributed by atoms with Crippen LogP contribution in [0.15, 0.2) is 12.3 Å². The van der Waals surface area contributed by atoms with Crippen LogP contribution in [0.2, 0.25) is 0 Å². The Morgan fingerprint density at radius 2 is 2.20 bits per heavy atom. The molecule has 1 heterocycles. The van der Waals surface area contributed by atoms with Gasteiger partial charge in [-0.15, -0.1) is 0 Å². The van der Waals surface area contributed by atoms with Gasteiger partial charge in [0.2, 0.25) is 0 Å². The smallest absolute Gasteiger partial charge is 0.355 e. The summed E-state index contributed by atoms with van der Waals surface area (Å²) in [5.41, 5.74) is -0.186. The Kier molecular flexibility index (Phi) is 5.24. The molecule has 1 aromatic rings. The minimum Gasteiger partial charge on any atom is -0.448 e. The van der Waals surface area contributed by atoms with E-state index in [0.29, 0.717) is 6.54 Å². The number of hydrogen-bond acceptors (Lipinski definition) is 5. The second-order valence-electron chi connectivity index (χ2n) is 4.29. The zero-order valence-corrected chi connectivity index (χ0v) is 11.6. The highest BCUT2D eigenvalue weighted by atomic mass is 16.6. The highest BCUT2D eigenvalue weighted by Crippen LogP contribution is 2.16. The SMILES string of the molecule is CCCNC(=O)C(C)OC(=O)c1cc([N+](=O)[O-])cn1C. The van der Waals surface area contributed by atoms with E-state index in [9.17, 15) is 19.7 Å². The van der Waals surface area contributed by atoms with Crippen LogP contribution < -0.4 is 5.32 Å². The van der Waals surface area contributed by atoms with E-state index in [1.807, 2.05) is 6.92 Å². The molecule has 8 nitrogen and oxygen atoms in total. The van der Waals surface area contributed by atoms with Crippen molar-refractivity contribution in [1.82, 2.24) is 9.88 Å². The molecule has 1 aromatic heterocycles. The Morgan fingerprint density at radius 1 is 1.55 bits per heavy atom. The van der Waals surface area contributed by atoms with Crippen LogP contribution in [-0.2, 0) is 16.6 Å². The number of hydrogen-bond donors (Lipinski definition) is 1. The van der Waals surface area contributed by atoms with Crippen molar-refractivity contribution < 1.29 is 19.2 Å². The molecule has 8 heteroatoms. The van der Waals surface area contributed by atoms with E-state index < -0.39 is 22.9 Å². The number of aryl methyl sites for hydroxylation is 1. The summed E-state index contributed by atoms with van der Waals surface area (Å²) in [7, 11) is 1.49. The summed E-state index contributed by atoms with van der Waals surface area (Å²) in [4.78, 5) is 33.4. The number of amides is 1. The summed E-state index contributed by atoms with van der Waals surface area (Å²) in [6, 6.07) is 1.11. The third kappa shape index (κ3) is 3.81. The van der Waals surface area contributed by atoms with Gasteiger partial charge in [-0.3, -0.25) is 14.9 Å². The predicted octanol–water partition coefficient (Wildman–Crippen LogP) is 1.00. The van der Waals surface area contributed by atoms with Crippen molar-refractivity contribution in [2.24, 2.45) is 7.05 Å². The van der Waals surface area contributed by atoms with Gasteiger partial charge >= 0.3 is 5.97 Å². The van der Waals surface area contributed by atoms with Crippen LogP contribution in [0.3, 0.4) is 0 Å². The molecule has 0 fully saturated rings. The standard InChI is InChI=1S/C12H17N3O5/c1-4-5-13-11(16)8(2)20-12(17)10-6-9(15(18)19)7-14(10)3/h6-8H,4-5H2,1-3H3,(H,13,16). The first-order chi connectivity index (χ1) is 9.36. The molecular weight excluding hydrogens is 266 g/mol. The van der Waals surface area contributed by atoms with E-state index in [1.54, 1.807) is 0 Å². The number of carbonyl (C=O) groups excluding carboxylic acids is 2. The van der Waals surface area contributed by atoms with Gasteiger partial charge in [0.15, 0.2) is 6.10 Å². The first-order valence-corrected chi connectivity index (χ1v) is 6.16. The highest BCUT2D eigenvalue weighted by Gasteiger charge is 2.23. The number of aromatic nitrogens is 1. The predicted molar refractivity (Wildman–Crippen MR) is 70.2 cm³/mol. The van der Waals surface area contributed by atoms with Gasteiger partial charge in [-0.05, 0) is 13.3 Å². The van der Waals surface area contributed by atoms with Crippen LogP contribution in [0.4, 0.5) is 5.69 Å². The molecule has 0 radical (unpaired) electrons.